The zero-order chi connectivity index (χ0) is 15.2. The normalized spacial score (nSPS) is 14.9. The van der Waals surface area contributed by atoms with Crippen molar-refractivity contribution in [1.29, 1.82) is 0 Å². The molecule has 6 nitrogen and oxygen atoms in total. The summed E-state index contributed by atoms with van der Waals surface area (Å²) >= 11 is 0. The van der Waals surface area contributed by atoms with Crippen LogP contribution in [0, 0.1) is 0 Å². The number of methoxy groups -OCH3 is 1. The Balaban J connectivity index is 1.97. The fourth-order valence-corrected chi connectivity index (χ4v) is 2.50. The molecular weight excluding hydrogens is 272 g/mol. The van der Waals surface area contributed by atoms with Crippen LogP contribution in [0.2, 0.25) is 0 Å². The van der Waals surface area contributed by atoms with Crippen LogP contribution in [-0.2, 0) is 4.79 Å². The highest BCUT2D eigenvalue weighted by Gasteiger charge is 2.16. The third-order valence-corrected chi connectivity index (χ3v) is 3.63. The minimum absolute atomic E-state index is 0.106. The summed E-state index contributed by atoms with van der Waals surface area (Å²) in [6.45, 7) is 0.213. The number of carboxylic acids is 1. The van der Waals surface area contributed by atoms with Crippen molar-refractivity contribution in [3.8, 4) is 5.75 Å². The smallest absolute Gasteiger partial charge is 0.335 e. The van der Waals surface area contributed by atoms with Gasteiger partial charge in [-0.2, -0.15) is 0 Å². The van der Waals surface area contributed by atoms with Crippen molar-refractivity contribution in [2.75, 3.05) is 19.0 Å². The molecule has 3 N–H and O–H groups in total. The topological polar surface area (TPSA) is 87.7 Å². The number of carboxylic acid groups (broad SMARTS) is 1. The molecule has 1 aliphatic rings. The molecule has 0 bridgehead atoms. The molecule has 0 aliphatic heterocycles. The Morgan fingerprint density at radius 1 is 1.33 bits per heavy atom. The Kier molecular flexibility index (Phi) is 5.16. The highest BCUT2D eigenvalue weighted by atomic mass is 16.5. The fourth-order valence-electron chi connectivity index (χ4n) is 2.50. The number of ether oxygens (including phenoxy) is 1. The van der Waals surface area contributed by atoms with Gasteiger partial charge in [-0.05, 0) is 31.0 Å². The highest BCUT2D eigenvalue weighted by Crippen LogP contribution is 2.25. The Morgan fingerprint density at radius 2 is 2.05 bits per heavy atom. The molecule has 114 valence electrons. The van der Waals surface area contributed by atoms with Crippen molar-refractivity contribution in [3.05, 3.63) is 23.8 Å². The van der Waals surface area contributed by atoms with Gasteiger partial charge in [0.1, 0.15) is 5.75 Å². The molecule has 0 aromatic heterocycles. The summed E-state index contributed by atoms with van der Waals surface area (Å²) in [5, 5.41) is 14.9. The minimum Gasteiger partial charge on any atom is -0.495 e. The van der Waals surface area contributed by atoms with E-state index in [-0.39, 0.29) is 18.0 Å². The van der Waals surface area contributed by atoms with Gasteiger partial charge < -0.3 is 20.5 Å². The maximum absolute atomic E-state index is 11.9. The van der Waals surface area contributed by atoms with Gasteiger partial charge in [-0.25, -0.2) is 4.79 Å². The number of aromatic carboxylic acids is 1. The first-order chi connectivity index (χ1) is 10.1. The predicted molar refractivity (Wildman–Crippen MR) is 78.8 cm³/mol. The Bertz CT molecular complexity index is 524. The van der Waals surface area contributed by atoms with E-state index in [1.165, 1.54) is 38.2 Å². The van der Waals surface area contributed by atoms with Crippen LogP contribution in [0.3, 0.4) is 0 Å². The Labute approximate surface area is 123 Å². The molecule has 0 radical (unpaired) electrons. The third-order valence-electron chi connectivity index (χ3n) is 3.63. The van der Waals surface area contributed by atoms with Crippen LogP contribution in [0.5, 0.6) is 5.75 Å². The van der Waals surface area contributed by atoms with Gasteiger partial charge in [0.2, 0.25) is 5.91 Å². The largest absolute Gasteiger partial charge is 0.495 e. The second-order valence-corrected chi connectivity index (χ2v) is 5.13. The first-order valence-corrected chi connectivity index (χ1v) is 7.04. The molecule has 0 spiro atoms. The first kappa shape index (κ1) is 15.3. The monoisotopic (exact) mass is 292 g/mol. The average Bonchev–Trinajstić information content (AvgIpc) is 2.98. The molecule has 1 aromatic carbocycles. The zero-order valence-electron chi connectivity index (χ0n) is 12.0. The minimum atomic E-state index is -1.04. The number of rotatable bonds is 6. The lowest BCUT2D eigenvalue weighted by atomic mass is 10.2. The lowest BCUT2D eigenvalue weighted by Crippen LogP contribution is -2.34. The molecule has 1 amide bonds. The third kappa shape index (κ3) is 4.19. The molecule has 0 atom stereocenters. The van der Waals surface area contributed by atoms with Crippen LogP contribution in [-0.4, -0.2) is 36.7 Å². The summed E-state index contributed by atoms with van der Waals surface area (Å²) in [6, 6.07) is 4.77. The Morgan fingerprint density at radius 3 is 2.67 bits per heavy atom. The van der Waals surface area contributed by atoms with Crippen molar-refractivity contribution >= 4 is 17.6 Å². The molecule has 1 fully saturated rings. The van der Waals surface area contributed by atoms with E-state index in [2.05, 4.69) is 10.6 Å². The predicted octanol–water partition coefficient (Wildman–Crippen LogP) is 1.86. The van der Waals surface area contributed by atoms with E-state index in [1.807, 2.05) is 0 Å². The molecule has 6 heteroatoms. The molecule has 1 saturated carbocycles. The van der Waals surface area contributed by atoms with Gasteiger partial charge in [0.25, 0.3) is 0 Å². The van der Waals surface area contributed by atoms with Crippen LogP contribution in [0.25, 0.3) is 0 Å². The van der Waals surface area contributed by atoms with Gasteiger partial charge in [-0.3, -0.25) is 4.79 Å². The molecule has 1 aliphatic carbocycles. The van der Waals surface area contributed by atoms with E-state index < -0.39 is 5.97 Å². The zero-order valence-corrected chi connectivity index (χ0v) is 12.0. The second-order valence-electron chi connectivity index (χ2n) is 5.13. The summed E-state index contributed by atoms with van der Waals surface area (Å²) in [6.07, 6.45) is 4.61. The number of nitrogens with one attached hydrogen (secondary N) is 2. The maximum atomic E-state index is 11.9. The maximum Gasteiger partial charge on any atom is 0.335 e. The van der Waals surface area contributed by atoms with Crippen LogP contribution >= 0.6 is 0 Å². The molecule has 0 unspecified atom stereocenters. The fraction of sp³-hybridized carbons (Fsp3) is 0.467. The molecule has 0 heterocycles. The van der Waals surface area contributed by atoms with Crippen molar-refractivity contribution in [1.82, 2.24) is 5.32 Å². The lowest BCUT2D eigenvalue weighted by molar-refractivity contribution is -0.115. The quantitative estimate of drug-likeness (QED) is 0.745. The number of anilines is 1. The lowest BCUT2D eigenvalue weighted by Gasteiger charge is -2.13. The van der Waals surface area contributed by atoms with Crippen LogP contribution < -0.4 is 15.4 Å². The first-order valence-electron chi connectivity index (χ1n) is 7.04. The van der Waals surface area contributed by atoms with Gasteiger partial charge in [0.15, 0.2) is 0 Å². The van der Waals surface area contributed by atoms with Crippen LogP contribution in [0.4, 0.5) is 5.69 Å². The number of carbonyl (C=O) groups excluding carboxylic acids is 1. The van der Waals surface area contributed by atoms with Gasteiger partial charge in [-0.1, -0.05) is 12.8 Å². The van der Waals surface area contributed by atoms with Gasteiger partial charge in [0.05, 0.1) is 24.9 Å². The van der Waals surface area contributed by atoms with Gasteiger partial charge in [0, 0.05) is 6.04 Å². The summed E-state index contributed by atoms with van der Waals surface area (Å²) in [7, 11) is 1.47. The van der Waals surface area contributed by atoms with E-state index in [1.54, 1.807) is 0 Å². The Hall–Kier alpha value is -2.08. The number of carbonyl (C=O) groups is 2. The molecule has 21 heavy (non-hydrogen) atoms. The number of hydrogen-bond acceptors (Lipinski definition) is 4. The van der Waals surface area contributed by atoms with Crippen molar-refractivity contribution in [2.45, 2.75) is 31.7 Å². The number of amides is 1. The SMILES string of the molecule is COc1ccc(C(=O)O)cc1NC(=O)CNC1CCCC1. The van der Waals surface area contributed by atoms with Crippen LogP contribution in [0.15, 0.2) is 18.2 Å². The van der Waals surface area contributed by atoms with E-state index in [9.17, 15) is 9.59 Å². The van der Waals surface area contributed by atoms with Gasteiger partial charge in [-0.15, -0.1) is 0 Å². The van der Waals surface area contributed by atoms with E-state index in [0.717, 1.165) is 12.8 Å². The molecule has 1 aromatic rings. The average molecular weight is 292 g/mol. The van der Waals surface area contributed by atoms with Crippen LogP contribution in [0.1, 0.15) is 36.0 Å². The summed E-state index contributed by atoms with van der Waals surface area (Å²) in [5.41, 5.74) is 0.477. The van der Waals surface area contributed by atoms with E-state index in [0.29, 0.717) is 17.5 Å². The molecule has 2 rings (SSSR count). The molecule has 0 saturated heterocycles. The summed E-state index contributed by atoms with van der Waals surface area (Å²) in [5.74, 6) is -0.811. The van der Waals surface area contributed by atoms with Crippen molar-refractivity contribution in [3.63, 3.8) is 0 Å². The second kappa shape index (κ2) is 7.08. The number of hydrogen-bond donors (Lipinski definition) is 3. The van der Waals surface area contributed by atoms with E-state index >= 15 is 0 Å². The summed E-state index contributed by atoms with van der Waals surface area (Å²) < 4.78 is 5.13. The van der Waals surface area contributed by atoms with Crippen molar-refractivity contribution < 1.29 is 19.4 Å². The molecular formula is C15H20N2O4. The van der Waals surface area contributed by atoms with Crippen molar-refractivity contribution in [2.24, 2.45) is 0 Å². The number of benzene rings is 1. The highest BCUT2D eigenvalue weighted by molar-refractivity contribution is 5.96. The standard InChI is InChI=1S/C15H20N2O4/c1-21-13-7-6-10(15(19)20)8-12(13)17-14(18)9-16-11-4-2-3-5-11/h6-8,11,16H,2-5,9H2,1H3,(H,17,18)(H,19,20). The van der Waals surface area contributed by atoms with E-state index in [4.69, 9.17) is 9.84 Å². The summed E-state index contributed by atoms with van der Waals surface area (Å²) in [4.78, 5) is 22.9. The van der Waals surface area contributed by atoms with Gasteiger partial charge >= 0.3 is 5.97 Å².